The van der Waals surface area contributed by atoms with Crippen LogP contribution in [0.25, 0.3) is 0 Å². The maximum absolute atomic E-state index is 6.36. The zero-order chi connectivity index (χ0) is 34.6. The van der Waals surface area contributed by atoms with Crippen LogP contribution in [0.15, 0.2) is 146 Å². The van der Waals surface area contributed by atoms with Gasteiger partial charge in [-0.05, 0) is 111 Å². The summed E-state index contributed by atoms with van der Waals surface area (Å²) in [5.41, 5.74) is 0.975. The van der Waals surface area contributed by atoms with E-state index in [2.05, 4.69) is 121 Å². The molecule has 262 valence electrons. The maximum Gasteiger partial charge on any atom is 0.119 e. The molecule has 0 aliphatic carbocycles. The fourth-order valence-corrected chi connectivity index (χ4v) is 12.4. The van der Waals surface area contributed by atoms with Gasteiger partial charge in [0.25, 0.3) is 0 Å². The van der Waals surface area contributed by atoms with Crippen LogP contribution in [0.3, 0.4) is 0 Å². The lowest BCUT2D eigenvalue weighted by Crippen LogP contribution is -2.24. The molecule has 0 saturated heterocycles. The van der Waals surface area contributed by atoms with Gasteiger partial charge in [0.05, 0.1) is 13.2 Å². The van der Waals surface area contributed by atoms with Crippen molar-refractivity contribution in [2.24, 2.45) is 0 Å². The highest BCUT2D eigenvalue weighted by atomic mass is 31.1. The molecule has 2 atom stereocenters. The van der Waals surface area contributed by atoms with Gasteiger partial charge in [0.15, 0.2) is 0 Å². The molecule has 0 aliphatic rings. The fraction of sp³-hybridized carbons (Fsp3) is 0.318. The summed E-state index contributed by atoms with van der Waals surface area (Å²) < 4.78 is 23.6. The first kappa shape index (κ1) is 37.7. The van der Waals surface area contributed by atoms with Gasteiger partial charge in [-0.3, -0.25) is 0 Å². The van der Waals surface area contributed by atoms with E-state index in [1.807, 2.05) is 24.3 Å². The molecule has 4 nitrogen and oxygen atoms in total. The number of benzene rings is 5. The third-order valence-corrected chi connectivity index (χ3v) is 14.8. The average Bonchev–Trinajstić information content (AvgIpc) is 3.17. The summed E-state index contributed by atoms with van der Waals surface area (Å²) in [5, 5.41) is 5.66. The molecular weight excluding hydrogens is 654 g/mol. The van der Waals surface area contributed by atoms with Gasteiger partial charge in [0, 0.05) is 27.4 Å². The van der Waals surface area contributed by atoms with Gasteiger partial charge in [0.1, 0.15) is 11.5 Å². The van der Waals surface area contributed by atoms with E-state index in [9.17, 15) is 0 Å². The molecule has 0 radical (unpaired) electrons. The molecule has 0 fully saturated rings. The summed E-state index contributed by atoms with van der Waals surface area (Å²) in [5.74, 6) is 1.76. The van der Waals surface area contributed by atoms with Gasteiger partial charge in [-0.25, -0.2) is 0 Å². The molecule has 0 spiro atoms. The zero-order valence-electron chi connectivity index (χ0n) is 29.6. The Bertz CT molecular complexity index is 1390. The molecular formula is C44H52O4P2. The zero-order valence-corrected chi connectivity index (χ0v) is 31.4. The van der Waals surface area contributed by atoms with Crippen LogP contribution in [0, 0.1) is 0 Å². The van der Waals surface area contributed by atoms with E-state index in [-0.39, 0.29) is 0 Å². The smallest absolute Gasteiger partial charge is 0.119 e. The first-order chi connectivity index (χ1) is 24.8. The highest BCUT2D eigenvalue weighted by Crippen LogP contribution is 2.44. The molecule has 5 rings (SSSR count). The molecule has 50 heavy (non-hydrogen) atoms. The lowest BCUT2D eigenvalue weighted by molar-refractivity contribution is 0.191. The van der Waals surface area contributed by atoms with Gasteiger partial charge in [0.2, 0.25) is 0 Å². The highest BCUT2D eigenvalue weighted by molar-refractivity contribution is 7.74. The summed E-state index contributed by atoms with van der Waals surface area (Å²) in [6.07, 6.45) is 6.24. The van der Waals surface area contributed by atoms with Gasteiger partial charge < -0.3 is 18.9 Å². The number of methoxy groups -OCH3 is 2. The van der Waals surface area contributed by atoms with Crippen LogP contribution in [-0.4, -0.2) is 52.0 Å². The molecule has 2 unspecified atom stereocenters. The van der Waals surface area contributed by atoms with Crippen molar-refractivity contribution in [1.82, 2.24) is 0 Å². The van der Waals surface area contributed by atoms with Crippen LogP contribution in [0.5, 0.6) is 11.5 Å². The van der Waals surface area contributed by atoms with Crippen molar-refractivity contribution in [3.63, 3.8) is 0 Å². The number of rotatable bonds is 22. The molecule has 0 heterocycles. The van der Waals surface area contributed by atoms with Crippen molar-refractivity contribution in [1.29, 1.82) is 0 Å². The van der Waals surface area contributed by atoms with Crippen molar-refractivity contribution >= 4 is 37.1 Å². The van der Waals surface area contributed by atoms with Crippen LogP contribution < -0.4 is 30.7 Å². The van der Waals surface area contributed by atoms with Crippen LogP contribution in [0.4, 0.5) is 0 Å². The monoisotopic (exact) mass is 706 g/mol. The average molecular weight is 707 g/mol. The first-order valence-corrected chi connectivity index (χ1v) is 20.7. The van der Waals surface area contributed by atoms with Crippen LogP contribution in [0.2, 0.25) is 0 Å². The van der Waals surface area contributed by atoms with E-state index in [1.54, 1.807) is 14.2 Å². The molecule has 0 amide bonds. The lowest BCUT2D eigenvalue weighted by atomic mass is 10.2. The van der Waals surface area contributed by atoms with E-state index < -0.39 is 15.8 Å². The Morgan fingerprint density at radius 3 is 0.960 bits per heavy atom. The van der Waals surface area contributed by atoms with Crippen molar-refractivity contribution < 1.29 is 18.9 Å². The Morgan fingerprint density at radius 1 is 0.380 bits per heavy atom. The maximum atomic E-state index is 6.36. The molecule has 0 N–H and O–H groups in total. The minimum Gasteiger partial charge on any atom is -0.494 e. The summed E-state index contributed by atoms with van der Waals surface area (Å²) in [6.45, 7) is 2.89. The standard InChI is InChI=1S/C44H52O4P2/c1-45-33-15-25-43(49(39-17-7-3-8-18-39)40-19-9-4-10-20-40)31-35-47-37-27-29-38(30-28-37)48-36-32-44(26-16-34-46-2)50(41-21-11-5-12-22-41)42-23-13-6-14-24-42/h3-14,17-24,27-30,43-44H,15-16,25-26,31-36H2,1-2H3. The number of hydrogen-bond donors (Lipinski definition) is 0. The van der Waals surface area contributed by atoms with Crippen molar-refractivity contribution in [3.8, 4) is 11.5 Å². The highest BCUT2D eigenvalue weighted by Gasteiger charge is 2.26. The number of hydrogen-bond acceptors (Lipinski definition) is 4. The normalized spacial score (nSPS) is 12.6. The Kier molecular flexibility index (Phi) is 16.3. The topological polar surface area (TPSA) is 36.9 Å². The summed E-state index contributed by atoms with van der Waals surface area (Å²) >= 11 is 0. The predicted octanol–water partition coefficient (Wildman–Crippen LogP) is 9.08. The number of ether oxygens (including phenoxy) is 4. The van der Waals surface area contributed by atoms with Crippen LogP contribution in [0.1, 0.15) is 38.5 Å². The molecule has 5 aromatic rings. The van der Waals surface area contributed by atoms with E-state index in [1.165, 1.54) is 21.2 Å². The van der Waals surface area contributed by atoms with Gasteiger partial charge in [-0.2, -0.15) is 0 Å². The van der Waals surface area contributed by atoms with Crippen molar-refractivity contribution in [2.75, 3.05) is 40.6 Å². The van der Waals surface area contributed by atoms with Gasteiger partial charge >= 0.3 is 0 Å². The summed E-state index contributed by atoms with van der Waals surface area (Å²) in [4.78, 5) is 0. The predicted molar refractivity (Wildman–Crippen MR) is 215 cm³/mol. The molecule has 6 heteroatoms. The fourth-order valence-electron chi connectivity index (χ4n) is 6.49. The van der Waals surface area contributed by atoms with Crippen molar-refractivity contribution in [3.05, 3.63) is 146 Å². The van der Waals surface area contributed by atoms with Gasteiger partial charge in [-0.1, -0.05) is 121 Å². The van der Waals surface area contributed by atoms with Crippen LogP contribution >= 0.6 is 15.8 Å². The molecule has 0 aromatic heterocycles. The summed E-state index contributed by atoms with van der Waals surface area (Å²) in [7, 11) is 2.52. The molecule has 0 saturated carbocycles. The second kappa shape index (κ2) is 21.6. The minimum absolute atomic E-state index is 0.488. The summed E-state index contributed by atoms with van der Waals surface area (Å²) in [6, 6.07) is 52.2. The molecule has 5 aromatic carbocycles. The Morgan fingerprint density at radius 2 is 0.680 bits per heavy atom. The van der Waals surface area contributed by atoms with Crippen molar-refractivity contribution in [2.45, 2.75) is 49.8 Å². The lowest BCUT2D eigenvalue weighted by Gasteiger charge is -2.29. The van der Waals surface area contributed by atoms with E-state index in [4.69, 9.17) is 18.9 Å². The second-order valence-electron chi connectivity index (χ2n) is 12.4. The van der Waals surface area contributed by atoms with E-state index >= 15 is 0 Å². The van der Waals surface area contributed by atoms with Gasteiger partial charge in [-0.15, -0.1) is 0 Å². The first-order valence-electron chi connectivity index (χ1n) is 17.9. The quantitative estimate of drug-likeness (QED) is 0.0532. The molecule has 0 aliphatic heterocycles. The van der Waals surface area contributed by atoms with E-state index in [0.717, 1.165) is 63.2 Å². The Labute approximate surface area is 302 Å². The minimum atomic E-state index is -0.530. The Balaban J connectivity index is 1.20. The van der Waals surface area contributed by atoms with Crippen LogP contribution in [-0.2, 0) is 9.47 Å². The molecule has 0 bridgehead atoms. The second-order valence-corrected chi connectivity index (χ2v) is 17.4. The van der Waals surface area contributed by atoms with E-state index in [0.29, 0.717) is 24.5 Å². The Hall–Kier alpha value is -3.52. The largest absolute Gasteiger partial charge is 0.494 e. The SMILES string of the molecule is COCCCC(CCOc1ccc(OCCC(CCCOC)P(c2ccccc2)c2ccccc2)cc1)P(c1ccccc1)c1ccccc1. The third kappa shape index (κ3) is 11.8. The third-order valence-electron chi connectivity index (χ3n) is 8.90.